The third kappa shape index (κ3) is 5.10. The fourth-order valence-corrected chi connectivity index (χ4v) is 1.75. The van der Waals surface area contributed by atoms with Crippen LogP contribution in [0.25, 0.3) is 0 Å². The summed E-state index contributed by atoms with van der Waals surface area (Å²) < 4.78 is 11.4. The number of ether oxygens (including phenoxy) is 2. The van der Waals surface area contributed by atoms with Crippen LogP contribution in [0, 0.1) is 11.3 Å². The van der Waals surface area contributed by atoms with Gasteiger partial charge in [-0.25, -0.2) is 0 Å². The van der Waals surface area contributed by atoms with Gasteiger partial charge in [0.2, 0.25) is 0 Å². The van der Waals surface area contributed by atoms with E-state index in [1.807, 2.05) is 31.2 Å². The molecular formula is C16H24N2O2. The molecule has 0 saturated carbocycles. The molecule has 0 aliphatic heterocycles. The molecule has 4 heteroatoms. The summed E-state index contributed by atoms with van der Waals surface area (Å²) in [6, 6.07) is 9.97. The second-order valence-corrected chi connectivity index (χ2v) is 4.94. The topological polar surface area (TPSA) is 54.3 Å². The van der Waals surface area contributed by atoms with Crippen molar-refractivity contribution in [2.45, 2.75) is 38.6 Å². The highest BCUT2D eigenvalue weighted by atomic mass is 16.5. The van der Waals surface area contributed by atoms with Crippen molar-refractivity contribution in [2.24, 2.45) is 0 Å². The molecule has 0 heterocycles. The van der Waals surface area contributed by atoms with Crippen LogP contribution < -0.4 is 14.8 Å². The van der Waals surface area contributed by atoms with Crippen LogP contribution in [0.1, 0.15) is 33.1 Å². The van der Waals surface area contributed by atoms with E-state index in [0.717, 1.165) is 30.8 Å². The zero-order chi connectivity index (χ0) is 14.8. The number of para-hydroxylation sites is 2. The van der Waals surface area contributed by atoms with Crippen molar-refractivity contribution >= 4 is 0 Å². The Morgan fingerprint density at radius 1 is 1.20 bits per heavy atom. The number of benzene rings is 1. The summed E-state index contributed by atoms with van der Waals surface area (Å²) in [5.41, 5.74) is -0.485. The Balaban J connectivity index is 2.44. The van der Waals surface area contributed by atoms with E-state index in [2.05, 4.69) is 18.3 Å². The Kier molecular flexibility index (Phi) is 6.89. The maximum atomic E-state index is 9.07. The second kappa shape index (κ2) is 8.44. The zero-order valence-corrected chi connectivity index (χ0v) is 12.6. The molecule has 110 valence electrons. The Morgan fingerprint density at radius 3 is 2.30 bits per heavy atom. The molecule has 0 aliphatic carbocycles. The number of rotatable bonds is 9. The zero-order valence-electron chi connectivity index (χ0n) is 12.6. The summed E-state index contributed by atoms with van der Waals surface area (Å²) >= 11 is 0. The third-order valence-electron chi connectivity index (χ3n) is 3.19. The van der Waals surface area contributed by atoms with Gasteiger partial charge in [0.1, 0.15) is 5.54 Å². The van der Waals surface area contributed by atoms with Gasteiger partial charge in [-0.05, 0) is 45.4 Å². The fourth-order valence-electron chi connectivity index (χ4n) is 1.75. The standard InChI is InChI=1S/C16H24N2O2/c1-4-11-19-14-8-5-6-9-15(14)20-12-7-10-16(2,13-17)18-3/h5-6,8-9,18H,4,7,10-12H2,1-3H3. The average Bonchev–Trinajstić information content (AvgIpc) is 2.50. The van der Waals surface area contributed by atoms with E-state index in [1.54, 1.807) is 7.05 Å². The van der Waals surface area contributed by atoms with Gasteiger partial charge in [-0.1, -0.05) is 19.1 Å². The first-order chi connectivity index (χ1) is 9.65. The first-order valence-corrected chi connectivity index (χ1v) is 7.10. The highest BCUT2D eigenvalue weighted by Crippen LogP contribution is 2.26. The van der Waals surface area contributed by atoms with Crippen LogP contribution >= 0.6 is 0 Å². The largest absolute Gasteiger partial charge is 0.490 e. The van der Waals surface area contributed by atoms with Gasteiger partial charge in [0.05, 0.1) is 19.3 Å². The Morgan fingerprint density at radius 2 is 1.80 bits per heavy atom. The summed E-state index contributed by atoms with van der Waals surface area (Å²) in [5, 5.41) is 12.1. The van der Waals surface area contributed by atoms with Gasteiger partial charge in [-0.3, -0.25) is 0 Å². The Labute approximate surface area is 121 Å². The van der Waals surface area contributed by atoms with E-state index in [9.17, 15) is 0 Å². The van der Waals surface area contributed by atoms with E-state index in [0.29, 0.717) is 13.2 Å². The first-order valence-electron chi connectivity index (χ1n) is 7.10. The third-order valence-corrected chi connectivity index (χ3v) is 3.19. The Bertz CT molecular complexity index is 442. The van der Waals surface area contributed by atoms with Crippen LogP contribution in [0.4, 0.5) is 0 Å². The molecule has 1 aromatic carbocycles. The van der Waals surface area contributed by atoms with Gasteiger partial charge in [-0.15, -0.1) is 0 Å². The van der Waals surface area contributed by atoms with Gasteiger partial charge in [0, 0.05) is 0 Å². The molecule has 1 N–H and O–H groups in total. The van der Waals surface area contributed by atoms with Gasteiger partial charge in [0.25, 0.3) is 0 Å². The van der Waals surface area contributed by atoms with Crippen molar-refractivity contribution < 1.29 is 9.47 Å². The number of hydrogen-bond acceptors (Lipinski definition) is 4. The molecule has 20 heavy (non-hydrogen) atoms. The summed E-state index contributed by atoms with van der Waals surface area (Å²) in [5.74, 6) is 1.55. The molecule has 1 rings (SSSR count). The predicted molar refractivity (Wildman–Crippen MR) is 80.0 cm³/mol. The highest BCUT2D eigenvalue weighted by Gasteiger charge is 2.20. The minimum Gasteiger partial charge on any atom is -0.490 e. The van der Waals surface area contributed by atoms with Crippen molar-refractivity contribution in [2.75, 3.05) is 20.3 Å². The molecule has 0 spiro atoms. The monoisotopic (exact) mass is 276 g/mol. The van der Waals surface area contributed by atoms with Gasteiger partial charge >= 0.3 is 0 Å². The lowest BCUT2D eigenvalue weighted by atomic mass is 9.98. The lowest BCUT2D eigenvalue weighted by Crippen LogP contribution is -2.38. The number of nitrogens with one attached hydrogen (secondary N) is 1. The summed E-state index contributed by atoms with van der Waals surface area (Å²) in [4.78, 5) is 0. The average molecular weight is 276 g/mol. The molecule has 0 amide bonds. The number of hydrogen-bond donors (Lipinski definition) is 1. The van der Waals surface area contributed by atoms with E-state index < -0.39 is 5.54 Å². The van der Waals surface area contributed by atoms with Gasteiger partial charge in [-0.2, -0.15) is 5.26 Å². The molecular weight excluding hydrogens is 252 g/mol. The maximum absolute atomic E-state index is 9.07. The fraction of sp³-hybridized carbons (Fsp3) is 0.562. The van der Waals surface area contributed by atoms with Crippen molar-refractivity contribution in [1.29, 1.82) is 5.26 Å². The van der Waals surface area contributed by atoms with Crippen LogP contribution in [0.5, 0.6) is 11.5 Å². The molecule has 0 aliphatic rings. The van der Waals surface area contributed by atoms with Gasteiger partial charge < -0.3 is 14.8 Å². The number of nitrogens with zero attached hydrogens (tertiary/aromatic N) is 1. The summed E-state index contributed by atoms with van der Waals surface area (Å²) in [6.07, 6.45) is 2.53. The van der Waals surface area contributed by atoms with Crippen LogP contribution in [0.15, 0.2) is 24.3 Å². The molecule has 1 aromatic rings. The maximum Gasteiger partial charge on any atom is 0.161 e. The van der Waals surface area contributed by atoms with Crippen molar-refractivity contribution in [1.82, 2.24) is 5.32 Å². The van der Waals surface area contributed by atoms with Crippen LogP contribution in [-0.2, 0) is 0 Å². The second-order valence-electron chi connectivity index (χ2n) is 4.94. The number of nitriles is 1. The van der Waals surface area contributed by atoms with Gasteiger partial charge in [0.15, 0.2) is 11.5 Å². The SMILES string of the molecule is CCCOc1ccccc1OCCCC(C)(C#N)NC. The molecule has 4 nitrogen and oxygen atoms in total. The quantitative estimate of drug-likeness (QED) is 0.704. The molecule has 0 radical (unpaired) electrons. The van der Waals surface area contributed by atoms with Crippen molar-refractivity contribution in [3.8, 4) is 17.6 Å². The van der Waals surface area contributed by atoms with Crippen LogP contribution in [-0.4, -0.2) is 25.8 Å². The molecule has 0 fully saturated rings. The minimum absolute atomic E-state index is 0.485. The van der Waals surface area contributed by atoms with Crippen LogP contribution in [0.2, 0.25) is 0 Å². The molecule has 1 unspecified atom stereocenters. The smallest absolute Gasteiger partial charge is 0.161 e. The Hall–Kier alpha value is -1.73. The van der Waals surface area contributed by atoms with Crippen molar-refractivity contribution in [3.05, 3.63) is 24.3 Å². The molecule has 1 atom stereocenters. The highest BCUT2D eigenvalue weighted by molar-refractivity contribution is 5.39. The summed E-state index contributed by atoms with van der Waals surface area (Å²) in [6.45, 7) is 5.23. The minimum atomic E-state index is -0.485. The van der Waals surface area contributed by atoms with E-state index >= 15 is 0 Å². The lowest BCUT2D eigenvalue weighted by molar-refractivity contribution is 0.256. The molecule has 0 saturated heterocycles. The lowest BCUT2D eigenvalue weighted by Gasteiger charge is -2.20. The van der Waals surface area contributed by atoms with E-state index in [1.165, 1.54) is 0 Å². The van der Waals surface area contributed by atoms with Crippen LogP contribution in [0.3, 0.4) is 0 Å². The normalized spacial score (nSPS) is 13.3. The molecule has 0 bridgehead atoms. The summed E-state index contributed by atoms with van der Waals surface area (Å²) in [7, 11) is 1.80. The molecule has 0 aromatic heterocycles. The van der Waals surface area contributed by atoms with E-state index in [-0.39, 0.29) is 0 Å². The predicted octanol–water partition coefficient (Wildman–Crippen LogP) is 3.14. The first kappa shape index (κ1) is 16.3. The van der Waals surface area contributed by atoms with Crippen molar-refractivity contribution in [3.63, 3.8) is 0 Å². The van der Waals surface area contributed by atoms with E-state index in [4.69, 9.17) is 14.7 Å².